The van der Waals surface area contributed by atoms with Gasteiger partial charge >= 0.3 is 0 Å². The van der Waals surface area contributed by atoms with Crippen molar-refractivity contribution in [2.24, 2.45) is 0 Å². The van der Waals surface area contributed by atoms with Crippen molar-refractivity contribution in [2.45, 2.75) is 45.5 Å². The van der Waals surface area contributed by atoms with Crippen LogP contribution in [0.4, 0.5) is 4.39 Å². The lowest BCUT2D eigenvalue weighted by molar-refractivity contribution is 0.611. The molecule has 2 nitrogen and oxygen atoms in total. The second-order valence-corrected chi connectivity index (χ2v) is 6.10. The van der Waals surface area contributed by atoms with Crippen LogP contribution in [-0.4, -0.2) is 9.78 Å². The molecule has 0 N–H and O–H groups in total. The van der Waals surface area contributed by atoms with Crippen LogP contribution >= 0.6 is 23.2 Å². The predicted octanol–water partition coefficient (Wildman–Crippen LogP) is 5.15. The highest BCUT2D eigenvalue weighted by Crippen LogP contribution is 2.28. The van der Waals surface area contributed by atoms with Crippen LogP contribution in [-0.2, 0) is 19.4 Å². The summed E-state index contributed by atoms with van der Waals surface area (Å²) in [6.45, 7) is 6.63. The molecular weight excluding hydrogens is 310 g/mol. The normalized spacial score (nSPS) is 12.7. The minimum atomic E-state index is -0.402. The number of aromatic nitrogens is 2. The Morgan fingerprint density at radius 3 is 2.52 bits per heavy atom. The molecule has 114 valence electrons. The Morgan fingerprint density at radius 2 is 2.00 bits per heavy atom. The van der Waals surface area contributed by atoms with Gasteiger partial charge in [-0.3, -0.25) is 4.68 Å². The lowest BCUT2D eigenvalue weighted by Gasteiger charge is -2.09. The molecule has 1 heterocycles. The lowest BCUT2D eigenvalue weighted by atomic mass is 10.1. The standard InChI is InChI=1S/C16H19Cl2FN2/c1-4-14-16(10(3)17)15(5-2)21(20-14)9-11-6-7-12(18)13(19)8-11/h6-8,10H,4-5,9H2,1-3H3. The first-order valence-electron chi connectivity index (χ1n) is 7.14. The van der Waals surface area contributed by atoms with E-state index < -0.39 is 5.82 Å². The van der Waals surface area contributed by atoms with Crippen molar-refractivity contribution in [2.75, 3.05) is 0 Å². The van der Waals surface area contributed by atoms with Gasteiger partial charge in [0.15, 0.2) is 0 Å². The van der Waals surface area contributed by atoms with Gasteiger partial charge in [0, 0.05) is 11.3 Å². The van der Waals surface area contributed by atoms with E-state index in [2.05, 4.69) is 18.9 Å². The molecule has 0 spiro atoms. The number of hydrogen-bond acceptors (Lipinski definition) is 1. The van der Waals surface area contributed by atoms with E-state index in [1.165, 1.54) is 6.07 Å². The van der Waals surface area contributed by atoms with Gasteiger partial charge in [0.1, 0.15) is 5.82 Å². The van der Waals surface area contributed by atoms with E-state index in [1.54, 1.807) is 6.07 Å². The highest BCUT2D eigenvalue weighted by atomic mass is 35.5. The van der Waals surface area contributed by atoms with Gasteiger partial charge < -0.3 is 0 Å². The molecule has 0 fully saturated rings. The molecule has 0 aliphatic rings. The maximum atomic E-state index is 13.6. The van der Waals surface area contributed by atoms with E-state index in [4.69, 9.17) is 23.2 Å². The Hall–Kier alpha value is -1.06. The molecule has 2 rings (SSSR count). The Morgan fingerprint density at radius 1 is 1.29 bits per heavy atom. The van der Waals surface area contributed by atoms with Crippen LogP contribution in [0.2, 0.25) is 5.02 Å². The smallest absolute Gasteiger partial charge is 0.142 e. The molecule has 0 radical (unpaired) electrons. The minimum Gasteiger partial charge on any atom is -0.265 e. The quantitative estimate of drug-likeness (QED) is 0.694. The topological polar surface area (TPSA) is 17.8 Å². The molecule has 0 saturated carbocycles. The van der Waals surface area contributed by atoms with Crippen LogP contribution in [0, 0.1) is 5.82 Å². The lowest BCUT2D eigenvalue weighted by Crippen LogP contribution is -2.07. The summed E-state index contributed by atoms with van der Waals surface area (Å²) in [5.74, 6) is -0.402. The second kappa shape index (κ2) is 6.80. The second-order valence-electron chi connectivity index (χ2n) is 5.04. The summed E-state index contributed by atoms with van der Waals surface area (Å²) in [5, 5.41) is 4.70. The van der Waals surface area contributed by atoms with E-state index in [0.29, 0.717) is 6.54 Å². The first-order valence-corrected chi connectivity index (χ1v) is 7.95. The third-order valence-corrected chi connectivity index (χ3v) is 4.08. The summed E-state index contributed by atoms with van der Waals surface area (Å²) < 4.78 is 15.5. The van der Waals surface area contributed by atoms with Crippen LogP contribution in [0.1, 0.15) is 48.7 Å². The number of alkyl halides is 1. The fourth-order valence-electron chi connectivity index (χ4n) is 2.60. The molecule has 1 atom stereocenters. The summed E-state index contributed by atoms with van der Waals surface area (Å²) in [6, 6.07) is 4.86. The van der Waals surface area contributed by atoms with Gasteiger partial charge in [-0.1, -0.05) is 31.5 Å². The van der Waals surface area contributed by atoms with Crippen LogP contribution in [0.15, 0.2) is 18.2 Å². The fourth-order valence-corrected chi connectivity index (χ4v) is 2.97. The van der Waals surface area contributed by atoms with Crippen LogP contribution in [0.5, 0.6) is 0 Å². The summed E-state index contributed by atoms with van der Waals surface area (Å²) in [6.07, 6.45) is 1.68. The number of halogens is 3. The zero-order chi connectivity index (χ0) is 15.6. The average molecular weight is 329 g/mol. The molecule has 0 amide bonds. The summed E-state index contributed by atoms with van der Waals surface area (Å²) >= 11 is 12.0. The van der Waals surface area contributed by atoms with Crippen LogP contribution < -0.4 is 0 Å². The van der Waals surface area contributed by atoms with Crippen LogP contribution in [0.3, 0.4) is 0 Å². The van der Waals surface area contributed by atoms with E-state index in [-0.39, 0.29) is 10.4 Å². The number of benzene rings is 1. The number of rotatable bonds is 5. The van der Waals surface area contributed by atoms with Gasteiger partial charge in [-0.05, 0) is 37.5 Å². The Bertz CT molecular complexity index is 635. The highest BCUT2D eigenvalue weighted by Gasteiger charge is 2.19. The first kappa shape index (κ1) is 16.3. The van der Waals surface area contributed by atoms with Gasteiger partial charge in [-0.2, -0.15) is 5.10 Å². The van der Waals surface area contributed by atoms with E-state index >= 15 is 0 Å². The van der Waals surface area contributed by atoms with E-state index in [0.717, 1.165) is 35.4 Å². The third kappa shape index (κ3) is 3.41. The van der Waals surface area contributed by atoms with Crippen molar-refractivity contribution < 1.29 is 4.39 Å². The van der Waals surface area contributed by atoms with Crippen molar-refractivity contribution in [3.05, 3.63) is 51.6 Å². The molecule has 5 heteroatoms. The van der Waals surface area contributed by atoms with Gasteiger partial charge in [0.2, 0.25) is 0 Å². The van der Waals surface area contributed by atoms with Crippen molar-refractivity contribution in [3.8, 4) is 0 Å². The van der Waals surface area contributed by atoms with Gasteiger partial charge in [-0.15, -0.1) is 11.6 Å². The zero-order valence-electron chi connectivity index (χ0n) is 12.5. The van der Waals surface area contributed by atoms with Gasteiger partial charge in [0.05, 0.1) is 22.6 Å². The van der Waals surface area contributed by atoms with E-state index in [1.807, 2.05) is 17.7 Å². The molecule has 0 aliphatic heterocycles. The summed E-state index contributed by atoms with van der Waals surface area (Å²) in [5.41, 5.74) is 4.08. The first-order chi connectivity index (χ1) is 9.97. The van der Waals surface area contributed by atoms with Gasteiger partial charge in [0.25, 0.3) is 0 Å². The summed E-state index contributed by atoms with van der Waals surface area (Å²) in [7, 11) is 0. The monoisotopic (exact) mass is 328 g/mol. The zero-order valence-corrected chi connectivity index (χ0v) is 14.0. The minimum absolute atomic E-state index is 0.0781. The van der Waals surface area contributed by atoms with Crippen LogP contribution in [0.25, 0.3) is 0 Å². The predicted molar refractivity (Wildman–Crippen MR) is 85.8 cm³/mol. The molecule has 1 unspecified atom stereocenters. The molecular formula is C16H19Cl2FN2. The van der Waals surface area contributed by atoms with Crippen molar-refractivity contribution in [3.63, 3.8) is 0 Å². The number of aryl methyl sites for hydroxylation is 1. The van der Waals surface area contributed by atoms with Crippen molar-refractivity contribution >= 4 is 23.2 Å². The Kier molecular flexibility index (Phi) is 5.28. The maximum Gasteiger partial charge on any atom is 0.142 e. The van der Waals surface area contributed by atoms with Crippen molar-refractivity contribution in [1.29, 1.82) is 0 Å². The fraction of sp³-hybridized carbons (Fsp3) is 0.438. The summed E-state index contributed by atoms with van der Waals surface area (Å²) in [4.78, 5) is 0. The highest BCUT2D eigenvalue weighted by molar-refractivity contribution is 6.30. The molecule has 0 bridgehead atoms. The average Bonchev–Trinajstić information content (AvgIpc) is 2.80. The molecule has 1 aromatic heterocycles. The van der Waals surface area contributed by atoms with Crippen molar-refractivity contribution in [1.82, 2.24) is 9.78 Å². The third-order valence-electron chi connectivity index (χ3n) is 3.56. The Balaban J connectivity index is 2.41. The van der Waals surface area contributed by atoms with Gasteiger partial charge in [-0.25, -0.2) is 4.39 Å². The molecule has 1 aromatic carbocycles. The molecule has 2 aromatic rings. The van der Waals surface area contributed by atoms with E-state index in [9.17, 15) is 4.39 Å². The largest absolute Gasteiger partial charge is 0.265 e. The Labute approximate surface area is 134 Å². The number of hydrogen-bond donors (Lipinski definition) is 0. The number of nitrogens with zero attached hydrogens (tertiary/aromatic N) is 2. The maximum absolute atomic E-state index is 13.6. The molecule has 0 saturated heterocycles. The molecule has 21 heavy (non-hydrogen) atoms. The molecule has 0 aliphatic carbocycles. The SMILES string of the molecule is CCc1nn(Cc2ccc(Cl)c(F)c2)c(CC)c1C(C)Cl.